The number of guanidine groups is 1. The summed E-state index contributed by atoms with van der Waals surface area (Å²) < 4.78 is 37.7. The number of hydrogen-bond acceptors (Lipinski definition) is 4. The van der Waals surface area contributed by atoms with Gasteiger partial charge in [-0.25, -0.2) is 4.98 Å². The highest BCUT2D eigenvalue weighted by molar-refractivity contribution is 14.0. The second-order valence-electron chi connectivity index (χ2n) is 5.91. The van der Waals surface area contributed by atoms with Gasteiger partial charge in [-0.15, -0.1) is 46.7 Å². The molecule has 0 saturated heterocycles. The Morgan fingerprint density at radius 3 is 2.67 bits per heavy atom. The lowest BCUT2D eigenvalue weighted by Crippen LogP contribution is -2.38. The Bertz CT molecular complexity index is 687. The van der Waals surface area contributed by atoms with Crippen molar-refractivity contribution in [3.05, 3.63) is 38.5 Å². The van der Waals surface area contributed by atoms with E-state index in [0.29, 0.717) is 36.4 Å². The molecule has 0 aromatic carbocycles. The van der Waals surface area contributed by atoms with E-state index in [9.17, 15) is 13.2 Å². The topological polar surface area (TPSA) is 49.3 Å². The molecule has 0 spiro atoms. The molecule has 2 aromatic rings. The summed E-state index contributed by atoms with van der Waals surface area (Å²) >= 11 is 2.78. The van der Waals surface area contributed by atoms with Gasteiger partial charge < -0.3 is 10.6 Å². The van der Waals surface area contributed by atoms with Crippen molar-refractivity contribution in [3.8, 4) is 0 Å². The highest BCUT2D eigenvalue weighted by Gasteiger charge is 2.33. The molecule has 10 heteroatoms. The number of nitrogens with zero attached hydrogens (tertiary/aromatic N) is 2. The Kier molecular flexibility index (Phi) is 10.6. The number of halogens is 4. The minimum atomic E-state index is -4.38. The number of thiazole rings is 1. The van der Waals surface area contributed by atoms with E-state index >= 15 is 0 Å². The lowest BCUT2D eigenvalue weighted by Gasteiger charge is -2.13. The van der Waals surface area contributed by atoms with E-state index < -0.39 is 11.9 Å². The van der Waals surface area contributed by atoms with Gasteiger partial charge >= 0.3 is 6.18 Å². The highest BCUT2D eigenvalue weighted by atomic mass is 127. The Labute approximate surface area is 182 Å². The van der Waals surface area contributed by atoms with E-state index in [2.05, 4.69) is 39.0 Å². The second-order valence-corrected chi connectivity index (χ2v) is 7.88. The minimum absolute atomic E-state index is 0. The Balaban J connectivity index is 0.00000364. The van der Waals surface area contributed by atoms with E-state index in [1.165, 1.54) is 4.88 Å². The molecule has 0 saturated carbocycles. The maximum atomic E-state index is 12.6. The highest BCUT2D eigenvalue weighted by Crippen LogP contribution is 2.30. The van der Waals surface area contributed by atoms with Crippen LogP contribution in [0.1, 0.15) is 29.4 Å². The van der Waals surface area contributed by atoms with Crippen molar-refractivity contribution in [2.75, 3.05) is 19.6 Å². The first-order chi connectivity index (χ1) is 12.4. The zero-order valence-corrected chi connectivity index (χ0v) is 19.1. The molecule has 0 bridgehead atoms. The van der Waals surface area contributed by atoms with Crippen LogP contribution in [0.25, 0.3) is 0 Å². The van der Waals surface area contributed by atoms with Crippen molar-refractivity contribution in [3.63, 3.8) is 0 Å². The summed E-state index contributed by atoms with van der Waals surface area (Å²) in [6, 6.07) is 4.17. The molecule has 0 amide bonds. The molecule has 2 heterocycles. The zero-order valence-electron chi connectivity index (χ0n) is 15.2. The van der Waals surface area contributed by atoms with Gasteiger partial charge in [-0.2, -0.15) is 13.2 Å². The number of alkyl halides is 3. The smallest absolute Gasteiger partial charge is 0.357 e. The quantitative estimate of drug-likeness (QED) is 0.291. The lowest BCUT2D eigenvalue weighted by atomic mass is 10.1. The summed E-state index contributed by atoms with van der Waals surface area (Å²) in [7, 11) is 0. The van der Waals surface area contributed by atoms with Gasteiger partial charge in [0.2, 0.25) is 0 Å². The van der Waals surface area contributed by atoms with Gasteiger partial charge in [0.05, 0.1) is 5.01 Å². The van der Waals surface area contributed by atoms with E-state index in [1.54, 1.807) is 11.3 Å². The number of rotatable bonds is 8. The maximum absolute atomic E-state index is 12.6. The molecule has 2 N–H and O–H groups in total. The van der Waals surface area contributed by atoms with Crippen LogP contribution in [0.3, 0.4) is 0 Å². The third-order valence-corrected chi connectivity index (χ3v) is 5.32. The second kappa shape index (κ2) is 11.8. The Hall–Kier alpha value is -0.880. The molecular weight excluding hydrogens is 508 g/mol. The van der Waals surface area contributed by atoms with Gasteiger partial charge in [0.1, 0.15) is 0 Å². The van der Waals surface area contributed by atoms with Crippen molar-refractivity contribution in [2.45, 2.75) is 32.9 Å². The standard InChI is InChI=1S/C17H23F3N4S2.HI/c1-3-21-16(23-10-12(2)9-13-5-4-8-25-13)22-7-6-15-24-14(11-26-15)17(18,19)20;/h4-5,8,11-12H,3,6-7,9-10H2,1-2H3,(H2,21,22,23);1H. The van der Waals surface area contributed by atoms with Gasteiger partial charge in [-0.05, 0) is 30.7 Å². The minimum Gasteiger partial charge on any atom is -0.357 e. The van der Waals surface area contributed by atoms with Crippen molar-refractivity contribution >= 4 is 52.6 Å². The summed E-state index contributed by atoms with van der Waals surface area (Å²) in [5, 5.41) is 9.91. The molecule has 0 aliphatic rings. The van der Waals surface area contributed by atoms with Crippen LogP contribution in [-0.4, -0.2) is 30.6 Å². The van der Waals surface area contributed by atoms with E-state index in [0.717, 1.165) is 29.7 Å². The molecule has 0 aliphatic carbocycles. The normalized spacial score (nSPS) is 13.1. The average Bonchev–Trinajstić information content (AvgIpc) is 3.24. The molecular formula is C17H24F3IN4S2. The third kappa shape index (κ3) is 8.77. The molecule has 4 nitrogen and oxygen atoms in total. The van der Waals surface area contributed by atoms with Crippen LogP contribution in [-0.2, 0) is 19.0 Å². The van der Waals surface area contributed by atoms with E-state index in [-0.39, 0.29) is 24.0 Å². The van der Waals surface area contributed by atoms with Gasteiger partial charge in [0.15, 0.2) is 11.7 Å². The fourth-order valence-corrected chi connectivity index (χ4v) is 3.94. The zero-order chi connectivity index (χ0) is 19.0. The molecule has 152 valence electrons. The maximum Gasteiger partial charge on any atom is 0.434 e. The number of thiophene rings is 1. The van der Waals surface area contributed by atoms with E-state index in [1.807, 2.05) is 13.0 Å². The molecule has 2 rings (SSSR count). The summed E-state index contributed by atoms with van der Waals surface area (Å²) in [4.78, 5) is 9.55. The first kappa shape index (κ1) is 24.2. The van der Waals surface area contributed by atoms with Crippen LogP contribution in [0.4, 0.5) is 13.2 Å². The van der Waals surface area contributed by atoms with Crippen LogP contribution in [0.2, 0.25) is 0 Å². The summed E-state index contributed by atoms with van der Waals surface area (Å²) in [5.74, 6) is 1.09. The molecule has 27 heavy (non-hydrogen) atoms. The van der Waals surface area contributed by atoms with Crippen LogP contribution in [0, 0.1) is 5.92 Å². The number of aromatic nitrogens is 1. The van der Waals surface area contributed by atoms with Crippen LogP contribution in [0.5, 0.6) is 0 Å². The van der Waals surface area contributed by atoms with Crippen molar-refractivity contribution in [1.82, 2.24) is 15.6 Å². The van der Waals surface area contributed by atoms with Crippen molar-refractivity contribution in [1.29, 1.82) is 0 Å². The van der Waals surface area contributed by atoms with Crippen LogP contribution in [0.15, 0.2) is 27.9 Å². The first-order valence-electron chi connectivity index (χ1n) is 8.44. The van der Waals surface area contributed by atoms with Crippen LogP contribution >= 0.6 is 46.7 Å². The summed E-state index contributed by atoms with van der Waals surface area (Å²) in [6.45, 7) is 6.02. The monoisotopic (exact) mass is 532 g/mol. The van der Waals surface area contributed by atoms with Gasteiger partial charge in [0.25, 0.3) is 0 Å². The van der Waals surface area contributed by atoms with Gasteiger partial charge in [0, 0.05) is 36.3 Å². The largest absolute Gasteiger partial charge is 0.434 e. The SMILES string of the molecule is CCNC(=NCC(C)Cc1cccs1)NCCc1nc(C(F)(F)F)cs1.I. The first-order valence-corrected chi connectivity index (χ1v) is 10.2. The fraction of sp³-hybridized carbons (Fsp3) is 0.529. The molecule has 1 atom stereocenters. The predicted octanol–water partition coefficient (Wildman–Crippen LogP) is 4.82. The van der Waals surface area contributed by atoms with Gasteiger partial charge in [-0.3, -0.25) is 4.99 Å². The van der Waals surface area contributed by atoms with Gasteiger partial charge in [-0.1, -0.05) is 13.0 Å². The third-order valence-electron chi connectivity index (χ3n) is 3.51. The lowest BCUT2D eigenvalue weighted by molar-refractivity contribution is -0.140. The molecule has 0 fully saturated rings. The van der Waals surface area contributed by atoms with Crippen molar-refractivity contribution in [2.24, 2.45) is 10.9 Å². The predicted molar refractivity (Wildman–Crippen MR) is 117 cm³/mol. The molecule has 0 radical (unpaired) electrons. The molecule has 1 unspecified atom stereocenters. The molecule has 2 aromatic heterocycles. The van der Waals surface area contributed by atoms with Crippen molar-refractivity contribution < 1.29 is 13.2 Å². The average molecular weight is 532 g/mol. The number of nitrogens with one attached hydrogen (secondary N) is 2. The van der Waals surface area contributed by atoms with Crippen LogP contribution < -0.4 is 10.6 Å². The number of hydrogen-bond donors (Lipinski definition) is 2. The van der Waals surface area contributed by atoms with E-state index in [4.69, 9.17) is 0 Å². The Morgan fingerprint density at radius 2 is 2.07 bits per heavy atom. The summed E-state index contributed by atoms with van der Waals surface area (Å²) in [5.41, 5.74) is -0.819. The fourth-order valence-electron chi connectivity index (χ4n) is 2.27. The number of aliphatic imine (C=N–C) groups is 1. The summed E-state index contributed by atoms with van der Waals surface area (Å²) in [6.07, 6.45) is -2.97. The Morgan fingerprint density at radius 1 is 1.30 bits per heavy atom. The molecule has 0 aliphatic heterocycles.